The lowest BCUT2D eigenvalue weighted by molar-refractivity contribution is 0.373. The number of hydrogen-bond acceptors (Lipinski definition) is 1. The Balaban J connectivity index is 1.85. The monoisotopic (exact) mass is 265 g/mol. The number of rotatable bonds is 5. The van der Waals surface area contributed by atoms with E-state index in [1.165, 1.54) is 29.5 Å². The van der Waals surface area contributed by atoms with Crippen molar-refractivity contribution in [2.45, 2.75) is 32.7 Å². The highest BCUT2D eigenvalue weighted by Gasteiger charge is 2.44. The molecule has 0 heterocycles. The van der Waals surface area contributed by atoms with Crippen molar-refractivity contribution < 1.29 is 0 Å². The van der Waals surface area contributed by atoms with Crippen LogP contribution in [0.15, 0.2) is 54.6 Å². The average molecular weight is 265 g/mol. The standard InChI is InChI=1S/C19H23N/c1-3-20-18(19(2)13-14-19)17-11-9-16(10-12-17)15-7-5-4-6-8-15/h4-12,18,20H,3,13-14H2,1-2H3. The Morgan fingerprint density at radius 1 is 0.950 bits per heavy atom. The number of benzene rings is 2. The van der Waals surface area contributed by atoms with Crippen molar-refractivity contribution >= 4 is 0 Å². The molecule has 0 saturated heterocycles. The van der Waals surface area contributed by atoms with Crippen molar-refractivity contribution in [2.75, 3.05) is 6.54 Å². The van der Waals surface area contributed by atoms with Gasteiger partial charge in [0.25, 0.3) is 0 Å². The molecule has 1 nitrogen and oxygen atoms in total. The summed E-state index contributed by atoms with van der Waals surface area (Å²) >= 11 is 0. The van der Waals surface area contributed by atoms with Gasteiger partial charge in [0.05, 0.1) is 0 Å². The Bertz CT molecular complexity index is 552. The minimum absolute atomic E-state index is 0.463. The Morgan fingerprint density at radius 2 is 1.55 bits per heavy atom. The highest BCUT2D eigenvalue weighted by Crippen LogP contribution is 2.54. The van der Waals surface area contributed by atoms with Gasteiger partial charge in [-0.05, 0) is 41.5 Å². The molecule has 1 aliphatic carbocycles. The Hall–Kier alpha value is -1.60. The second-order valence-electron chi connectivity index (χ2n) is 6.13. The van der Waals surface area contributed by atoms with Crippen molar-refractivity contribution in [3.8, 4) is 11.1 Å². The molecule has 1 fully saturated rings. The lowest BCUT2D eigenvalue weighted by Crippen LogP contribution is -2.27. The topological polar surface area (TPSA) is 12.0 Å². The van der Waals surface area contributed by atoms with Crippen LogP contribution in [0.25, 0.3) is 11.1 Å². The predicted molar refractivity (Wildman–Crippen MR) is 85.6 cm³/mol. The van der Waals surface area contributed by atoms with E-state index in [1.807, 2.05) is 0 Å². The molecule has 0 radical (unpaired) electrons. The van der Waals surface area contributed by atoms with E-state index < -0.39 is 0 Å². The molecule has 20 heavy (non-hydrogen) atoms. The summed E-state index contributed by atoms with van der Waals surface area (Å²) < 4.78 is 0. The SMILES string of the molecule is CCNC(c1ccc(-c2ccccc2)cc1)C1(C)CC1. The molecule has 1 heteroatoms. The van der Waals surface area contributed by atoms with E-state index in [2.05, 4.69) is 73.8 Å². The molecule has 1 unspecified atom stereocenters. The molecule has 1 aliphatic rings. The lowest BCUT2D eigenvalue weighted by Gasteiger charge is -2.25. The van der Waals surface area contributed by atoms with E-state index in [0.29, 0.717) is 11.5 Å². The van der Waals surface area contributed by atoms with Crippen LogP contribution in [0.2, 0.25) is 0 Å². The molecule has 0 aliphatic heterocycles. The molecule has 2 aromatic carbocycles. The minimum atomic E-state index is 0.463. The van der Waals surface area contributed by atoms with Crippen LogP contribution in [0.1, 0.15) is 38.3 Å². The first kappa shape index (κ1) is 13.4. The fraction of sp³-hybridized carbons (Fsp3) is 0.368. The van der Waals surface area contributed by atoms with Gasteiger partial charge in [0.1, 0.15) is 0 Å². The summed E-state index contributed by atoms with van der Waals surface area (Å²) in [6, 6.07) is 20.2. The average Bonchev–Trinajstić information content (AvgIpc) is 3.25. The molecule has 2 aromatic rings. The van der Waals surface area contributed by atoms with Gasteiger partial charge in [0.15, 0.2) is 0 Å². The summed E-state index contributed by atoms with van der Waals surface area (Å²) in [6.07, 6.45) is 2.68. The van der Waals surface area contributed by atoms with Gasteiger partial charge in [-0.25, -0.2) is 0 Å². The molecule has 0 bridgehead atoms. The number of hydrogen-bond donors (Lipinski definition) is 1. The molecular weight excluding hydrogens is 242 g/mol. The van der Waals surface area contributed by atoms with Crippen LogP contribution in [0.4, 0.5) is 0 Å². The number of nitrogens with one attached hydrogen (secondary N) is 1. The van der Waals surface area contributed by atoms with Crippen molar-refractivity contribution in [3.63, 3.8) is 0 Å². The van der Waals surface area contributed by atoms with E-state index in [0.717, 1.165) is 6.54 Å². The van der Waals surface area contributed by atoms with Gasteiger partial charge < -0.3 is 5.32 Å². The van der Waals surface area contributed by atoms with Crippen LogP contribution in [-0.2, 0) is 0 Å². The van der Waals surface area contributed by atoms with Crippen LogP contribution in [0.3, 0.4) is 0 Å². The summed E-state index contributed by atoms with van der Waals surface area (Å²) in [7, 11) is 0. The Morgan fingerprint density at radius 3 is 2.10 bits per heavy atom. The van der Waals surface area contributed by atoms with Gasteiger partial charge in [-0.1, -0.05) is 68.4 Å². The third-order valence-corrected chi connectivity index (χ3v) is 4.49. The fourth-order valence-corrected chi connectivity index (χ4v) is 2.96. The molecule has 3 rings (SSSR count). The maximum absolute atomic E-state index is 3.66. The van der Waals surface area contributed by atoms with Crippen molar-refractivity contribution in [1.82, 2.24) is 5.32 Å². The largest absolute Gasteiger partial charge is 0.310 e. The van der Waals surface area contributed by atoms with Crippen LogP contribution in [-0.4, -0.2) is 6.54 Å². The van der Waals surface area contributed by atoms with E-state index in [-0.39, 0.29) is 0 Å². The van der Waals surface area contributed by atoms with Gasteiger partial charge in [0, 0.05) is 6.04 Å². The van der Waals surface area contributed by atoms with Crippen LogP contribution < -0.4 is 5.32 Å². The maximum atomic E-state index is 3.66. The van der Waals surface area contributed by atoms with Crippen LogP contribution in [0.5, 0.6) is 0 Å². The zero-order valence-corrected chi connectivity index (χ0v) is 12.4. The van der Waals surface area contributed by atoms with Crippen molar-refractivity contribution in [2.24, 2.45) is 5.41 Å². The summed E-state index contributed by atoms with van der Waals surface area (Å²) in [5, 5.41) is 3.66. The third kappa shape index (κ3) is 2.64. The van der Waals surface area contributed by atoms with E-state index >= 15 is 0 Å². The molecule has 0 spiro atoms. The summed E-state index contributed by atoms with van der Waals surface area (Å²) in [6.45, 7) is 5.61. The first-order valence-electron chi connectivity index (χ1n) is 7.62. The first-order valence-corrected chi connectivity index (χ1v) is 7.62. The summed E-state index contributed by atoms with van der Waals surface area (Å²) in [4.78, 5) is 0. The van der Waals surface area contributed by atoms with Gasteiger partial charge in [-0.2, -0.15) is 0 Å². The molecule has 0 amide bonds. The second kappa shape index (κ2) is 5.41. The van der Waals surface area contributed by atoms with E-state index in [4.69, 9.17) is 0 Å². The summed E-state index contributed by atoms with van der Waals surface area (Å²) in [5.41, 5.74) is 4.47. The zero-order valence-electron chi connectivity index (χ0n) is 12.4. The van der Waals surface area contributed by atoms with E-state index in [9.17, 15) is 0 Å². The Labute approximate surface area is 122 Å². The third-order valence-electron chi connectivity index (χ3n) is 4.49. The smallest absolute Gasteiger partial charge is 0.0374 e. The van der Waals surface area contributed by atoms with Gasteiger partial charge in [-0.15, -0.1) is 0 Å². The quantitative estimate of drug-likeness (QED) is 0.818. The molecule has 0 aromatic heterocycles. The first-order chi connectivity index (χ1) is 9.73. The van der Waals surface area contributed by atoms with Gasteiger partial charge in [-0.3, -0.25) is 0 Å². The van der Waals surface area contributed by atoms with Gasteiger partial charge >= 0.3 is 0 Å². The molecule has 1 atom stereocenters. The normalized spacial score (nSPS) is 17.7. The highest BCUT2D eigenvalue weighted by atomic mass is 14.9. The van der Waals surface area contributed by atoms with Crippen molar-refractivity contribution in [1.29, 1.82) is 0 Å². The highest BCUT2D eigenvalue weighted by molar-refractivity contribution is 5.63. The summed E-state index contributed by atoms with van der Waals surface area (Å²) in [5.74, 6) is 0. The minimum Gasteiger partial charge on any atom is -0.310 e. The zero-order chi connectivity index (χ0) is 14.0. The van der Waals surface area contributed by atoms with E-state index in [1.54, 1.807) is 0 Å². The molecule has 1 saturated carbocycles. The molecular formula is C19H23N. The van der Waals surface area contributed by atoms with Crippen molar-refractivity contribution in [3.05, 3.63) is 60.2 Å². The fourth-order valence-electron chi connectivity index (χ4n) is 2.96. The molecule has 1 N–H and O–H groups in total. The predicted octanol–water partition coefficient (Wildman–Crippen LogP) is 4.80. The maximum Gasteiger partial charge on any atom is 0.0374 e. The van der Waals surface area contributed by atoms with Gasteiger partial charge in [0.2, 0.25) is 0 Å². The Kier molecular flexibility index (Phi) is 3.62. The lowest BCUT2D eigenvalue weighted by atomic mass is 9.90. The second-order valence-corrected chi connectivity index (χ2v) is 6.13. The molecule has 104 valence electrons. The van der Waals surface area contributed by atoms with Crippen LogP contribution in [0, 0.1) is 5.41 Å². The van der Waals surface area contributed by atoms with Crippen LogP contribution >= 0.6 is 0 Å².